The zero-order chi connectivity index (χ0) is 11.7. The third-order valence-electron chi connectivity index (χ3n) is 2.18. The maximum atomic E-state index is 11.5. The normalized spacial score (nSPS) is 14.1. The van der Waals surface area contributed by atoms with Crippen LogP contribution >= 0.6 is 0 Å². The van der Waals surface area contributed by atoms with Crippen molar-refractivity contribution in [3.63, 3.8) is 0 Å². The van der Waals surface area contributed by atoms with Crippen LogP contribution in [0.4, 0.5) is 16.2 Å². The molecule has 0 atom stereocenters. The molecular weight excluding hydrogens is 212 g/mol. The zero-order valence-electron chi connectivity index (χ0n) is 8.60. The van der Waals surface area contributed by atoms with Crippen molar-refractivity contribution >= 4 is 23.4 Å². The van der Waals surface area contributed by atoms with Gasteiger partial charge in [0.25, 0.3) is 5.91 Å². The Hall–Kier alpha value is -2.24. The Morgan fingerprint density at radius 1 is 1.56 bits per heavy atom. The van der Waals surface area contributed by atoms with Crippen LogP contribution in [-0.2, 0) is 9.53 Å². The molecule has 0 saturated carbocycles. The van der Waals surface area contributed by atoms with Crippen molar-refractivity contribution in [3.8, 4) is 5.75 Å². The van der Waals surface area contributed by atoms with Crippen molar-refractivity contribution in [2.75, 3.05) is 24.4 Å². The van der Waals surface area contributed by atoms with Gasteiger partial charge < -0.3 is 15.2 Å². The summed E-state index contributed by atoms with van der Waals surface area (Å²) in [4.78, 5) is 23.9. The van der Waals surface area contributed by atoms with Crippen LogP contribution in [0.2, 0.25) is 0 Å². The van der Waals surface area contributed by atoms with E-state index in [0.29, 0.717) is 17.1 Å². The minimum atomic E-state index is -0.737. The molecule has 1 aromatic carbocycles. The Balaban J connectivity index is 2.48. The summed E-state index contributed by atoms with van der Waals surface area (Å²) < 4.78 is 9.69. The number of nitrogen functional groups attached to an aromatic ring is 1. The molecule has 0 fully saturated rings. The van der Waals surface area contributed by atoms with E-state index in [-0.39, 0.29) is 6.61 Å². The van der Waals surface area contributed by atoms with Crippen LogP contribution in [0.3, 0.4) is 0 Å². The number of nitrogens with zero attached hydrogens (tertiary/aromatic N) is 1. The Labute approximate surface area is 91.5 Å². The molecule has 2 rings (SSSR count). The lowest BCUT2D eigenvalue weighted by atomic mass is 10.2. The molecule has 84 valence electrons. The van der Waals surface area contributed by atoms with E-state index in [0.717, 1.165) is 4.90 Å². The fourth-order valence-electron chi connectivity index (χ4n) is 1.46. The van der Waals surface area contributed by atoms with Crippen molar-refractivity contribution in [1.29, 1.82) is 0 Å². The van der Waals surface area contributed by atoms with Gasteiger partial charge in [0.15, 0.2) is 6.61 Å². The second-order valence-corrected chi connectivity index (χ2v) is 3.22. The first-order valence-corrected chi connectivity index (χ1v) is 4.56. The van der Waals surface area contributed by atoms with Gasteiger partial charge in [0.2, 0.25) is 0 Å². The smallest absolute Gasteiger partial charge is 0.421 e. The highest BCUT2D eigenvalue weighted by molar-refractivity contribution is 6.14. The summed E-state index contributed by atoms with van der Waals surface area (Å²) in [6.07, 6.45) is -0.737. The van der Waals surface area contributed by atoms with Gasteiger partial charge in [-0.1, -0.05) is 0 Å². The van der Waals surface area contributed by atoms with Gasteiger partial charge in [-0.25, -0.2) is 9.69 Å². The number of rotatable bonds is 0. The van der Waals surface area contributed by atoms with Crippen molar-refractivity contribution < 1.29 is 19.1 Å². The molecule has 0 saturated heterocycles. The van der Waals surface area contributed by atoms with Crippen LogP contribution in [0.15, 0.2) is 18.2 Å². The Morgan fingerprint density at radius 2 is 2.31 bits per heavy atom. The summed E-state index contributed by atoms with van der Waals surface area (Å²) in [5.41, 5.74) is 6.41. The summed E-state index contributed by atoms with van der Waals surface area (Å²) in [7, 11) is 1.21. The summed E-state index contributed by atoms with van der Waals surface area (Å²) in [5, 5.41) is 0. The van der Waals surface area contributed by atoms with Gasteiger partial charge in [0.05, 0.1) is 12.8 Å². The molecule has 1 aliphatic rings. The van der Waals surface area contributed by atoms with Gasteiger partial charge in [-0.15, -0.1) is 0 Å². The fourth-order valence-corrected chi connectivity index (χ4v) is 1.46. The fraction of sp³-hybridized carbons (Fsp3) is 0.200. The van der Waals surface area contributed by atoms with Crippen LogP contribution in [0.5, 0.6) is 5.75 Å². The molecule has 0 spiro atoms. The SMILES string of the molecule is COC(=O)N1C(=O)COc2cc(N)ccc21. The third-order valence-corrected chi connectivity index (χ3v) is 2.18. The first-order chi connectivity index (χ1) is 7.63. The van der Waals surface area contributed by atoms with E-state index in [9.17, 15) is 9.59 Å². The Kier molecular flexibility index (Phi) is 2.40. The molecule has 0 aromatic heterocycles. The highest BCUT2D eigenvalue weighted by atomic mass is 16.5. The average Bonchev–Trinajstić information content (AvgIpc) is 2.28. The first kappa shape index (κ1) is 10.3. The lowest BCUT2D eigenvalue weighted by Crippen LogP contribution is -2.43. The highest BCUT2D eigenvalue weighted by Crippen LogP contribution is 2.33. The zero-order valence-corrected chi connectivity index (χ0v) is 8.60. The lowest BCUT2D eigenvalue weighted by Gasteiger charge is -2.26. The number of nitrogens with two attached hydrogens (primary N) is 1. The van der Waals surface area contributed by atoms with Crippen molar-refractivity contribution in [2.45, 2.75) is 0 Å². The largest absolute Gasteiger partial charge is 0.481 e. The van der Waals surface area contributed by atoms with E-state index >= 15 is 0 Å². The molecule has 2 N–H and O–H groups in total. The number of carbonyl (C=O) groups is 2. The topological polar surface area (TPSA) is 81.9 Å². The van der Waals surface area contributed by atoms with Crippen molar-refractivity contribution in [3.05, 3.63) is 18.2 Å². The number of fused-ring (bicyclic) bond motifs is 1. The molecule has 6 nitrogen and oxygen atoms in total. The predicted molar refractivity (Wildman–Crippen MR) is 56.2 cm³/mol. The van der Waals surface area contributed by atoms with Crippen molar-refractivity contribution in [1.82, 2.24) is 0 Å². The number of imide groups is 1. The summed E-state index contributed by atoms with van der Waals surface area (Å²) >= 11 is 0. The van der Waals surface area contributed by atoms with E-state index < -0.39 is 12.0 Å². The first-order valence-electron chi connectivity index (χ1n) is 4.56. The maximum Gasteiger partial charge on any atom is 0.421 e. The second kappa shape index (κ2) is 3.73. The second-order valence-electron chi connectivity index (χ2n) is 3.22. The predicted octanol–water partition coefficient (Wildman–Crippen LogP) is 0.761. The van der Waals surface area contributed by atoms with Gasteiger partial charge in [-0.2, -0.15) is 0 Å². The number of methoxy groups -OCH3 is 1. The molecular formula is C10H10N2O4. The molecule has 6 heteroatoms. The number of hydrogen-bond acceptors (Lipinski definition) is 5. The minimum Gasteiger partial charge on any atom is -0.481 e. The van der Waals surface area contributed by atoms with Gasteiger partial charge in [0, 0.05) is 11.8 Å². The Morgan fingerprint density at radius 3 is 3.00 bits per heavy atom. The molecule has 1 aliphatic heterocycles. The number of carbonyl (C=O) groups excluding carboxylic acids is 2. The van der Waals surface area contributed by atoms with Crippen LogP contribution in [0, 0.1) is 0 Å². The number of anilines is 2. The molecule has 0 bridgehead atoms. The maximum absolute atomic E-state index is 11.5. The standard InChI is InChI=1S/C10H10N2O4/c1-15-10(14)12-7-3-2-6(11)4-8(7)16-5-9(12)13/h2-4H,5,11H2,1H3. The quantitative estimate of drug-likeness (QED) is 0.655. The summed E-state index contributed by atoms with van der Waals surface area (Å²) in [6.45, 7) is -0.203. The molecule has 16 heavy (non-hydrogen) atoms. The monoisotopic (exact) mass is 222 g/mol. The van der Waals surface area contributed by atoms with E-state index in [1.807, 2.05) is 0 Å². The number of amides is 2. The Bertz CT molecular complexity index is 458. The number of ether oxygens (including phenoxy) is 2. The molecule has 0 aliphatic carbocycles. The molecule has 2 amide bonds. The molecule has 1 aromatic rings. The molecule has 0 radical (unpaired) electrons. The average molecular weight is 222 g/mol. The lowest BCUT2D eigenvalue weighted by molar-refractivity contribution is -0.120. The van der Waals surface area contributed by atoms with E-state index in [2.05, 4.69) is 4.74 Å². The van der Waals surface area contributed by atoms with Crippen LogP contribution in [0.1, 0.15) is 0 Å². The van der Waals surface area contributed by atoms with Gasteiger partial charge >= 0.3 is 6.09 Å². The van der Waals surface area contributed by atoms with E-state index in [4.69, 9.17) is 10.5 Å². The van der Waals surface area contributed by atoms with Gasteiger partial charge in [-0.05, 0) is 12.1 Å². The van der Waals surface area contributed by atoms with Crippen LogP contribution in [0.25, 0.3) is 0 Å². The van der Waals surface area contributed by atoms with Crippen LogP contribution in [-0.4, -0.2) is 25.7 Å². The minimum absolute atomic E-state index is 0.203. The van der Waals surface area contributed by atoms with Crippen LogP contribution < -0.4 is 15.4 Å². The third kappa shape index (κ3) is 1.54. The molecule has 1 heterocycles. The number of hydrogen-bond donors (Lipinski definition) is 1. The van der Waals surface area contributed by atoms with Gasteiger partial charge in [0.1, 0.15) is 5.75 Å². The summed E-state index contributed by atoms with van der Waals surface area (Å²) in [5.74, 6) is -0.0749. The molecule has 0 unspecified atom stereocenters. The van der Waals surface area contributed by atoms with E-state index in [1.165, 1.54) is 7.11 Å². The highest BCUT2D eigenvalue weighted by Gasteiger charge is 2.31. The van der Waals surface area contributed by atoms with Crippen molar-refractivity contribution in [2.24, 2.45) is 0 Å². The number of benzene rings is 1. The van der Waals surface area contributed by atoms with E-state index in [1.54, 1.807) is 18.2 Å². The summed E-state index contributed by atoms with van der Waals surface area (Å²) in [6, 6.07) is 4.67. The van der Waals surface area contributed by atoms with Gasteiger partial charge in [-0.3, -0.25) is 4.79 Å².